The molecule has 2 nitrogen and oxygen atoms in total. The molecule has 2 atom stereocenters. The second-order valence-electron chi connectivity index (χ2n) is 5.28. The molecular weight excluding hydrogens is 196 g/mol. The van der Waals surface area contributed by atoms with E-state index in [-0.39, 0.29) is 0 Å². The first kappa shape index (κ1) is 12.1. The smallest absolute Gasteiger partial charge is 0.0132 e. The number of nitrogens with zero attached hydrogens (tertiary/aromatic N) is 1. The van der Waals surface area contributed by atoms with E-state index in [1.54, 1.807) is 0 Å². The minimum atomic E-state index is 0.910. The molecule has 92 valence electrons. The first-order valence-corrected chi connectivity index (χ1v) is 6.97. The Kier molecular flexibility index (Phi) is 4.86. The van der Waals surface area contributed by atoms with E-state index in [0.717, 1.165) is 25.0 Å². The average Bonchev–Trinajstić information content (AvgIpc) is 2.35. The summed E-state index contributed by atoms with van der Waals surface area (Å²) in [6.45, 7) is 8.36. The molecule has 0 aromatic rings. The Hall–Kier alpha value is -0.340. The fourth-order valence-corrected chi connectivity index (χ4v) is 3.43. The van der Waals surface area contributed by atoms with Crippen molar-refractivity contribution in [3.05, 3.63) is 12.7 Å². The van der Waals surface area contributed by atoms with E-state index in [9.17, 15) is 0 Å². The lowest BCUT2D eigenvalue weighted by Gasteiger charge is -2.44. The Balaban J connectivity index is 1.76. The SMILES string of the molecule is C=CCNCCN1CCCC2CCCCC21. The van der Waals surface area contributed by atoms with Gasteiger partial charge in [0, 0.05) is 25.7 Å². The second kappa shape index (κ2) is 6.41. The van der Waals surface area contributed by atoms with Gasteiger partial charge in [-0.2, -0.15) is 0 Å². The van der Waals surface area contributed by atoms with Crippen molar-refractivity contribution in [1.29, 1.82) is 0 Å². The summed E-state index contributed by atoms with van der Waals surface area (Å²) in [5.74, 6) is 1.02. The molecule has 0 bridgehead atoms. The van der Waals surface area contributed by atoms with Crippen LogP contribution in [0.4, 0.5) is 0 Å². The molecule has 0 aromatic carbocycles. The normalized spacial score (nSPS) is 31.0. The maximum atomic E-state index is 3.73. The number of nitrogens with one attached hydrogen (secondary N) is 1. The number of fused-ring (bicyclic) bond motifs is 1. The molecule has 1 saturated carbocycles. The summed E-state index contributed by atoms with van der Waals surface area (Å²) < 4.78 is 0. The quantitative estimate of drug-likeness (QED) is 0.568. The van der Waals surface area contributed by atoms with E-state index in [1.807, 2.05) is 6.08 Å². The largest absolute Gasteiger partial charge is 0.312 e. The van der Waals surface area contributed by atoms with Crippen molar-refractivity contribution in [3.8, 4) is 0 Å². The molecule has 1 heterocycles. The Labute approximate surface area is 100 Å². The zero-order valence-corrected chi connectivity index (χ0v) is 10.5. The van der Waals surface area contributed by atoms with Gasteiger partial charge in [-0.3, -0.25) is 4.90 Å². The number of rotatable bonds is 5. The van der Waals surface area contributed by atoms with Crippen LogP contribution in [-0.4, -0.2) is 37.1 Å². The van der Waals surface area contributed by atoms with Gasteiger partial charge in [-0.15, -0.1) is 6.58 Å². The van der Waals surface area contributed by atoms with Gasteiger partial charge in [-0.25, -0.2) is 0 Å². The zero-order valence-electron chi connectivity index (χ0n) is 10.5. The number of likely N-dealkylation sites (tertiary alicyclic amines) is 1. The summed E-state index contributed by atoms with van der Waals surface area (Å²) in [5.41, 5.74) is 0. The number of hydrogen-bond donors (Lipinski definition) is 1. The molecule has 2 unspecified atom stereocenters. The lowest BCUT2D eigenvalue weighted by atomic mass is 9.78. The van der Waals surface area contributed by atoms with E-state index in [1.165, 1.54) is 51.6 Å². The van der Waals surface area contributed by atoms with Crippen molar-refractivity contribution in [2.24, 2.45) is 5.92 Å². The molecule has 16 heavy (non-hydrogen) atoms. The molecule has 2 rings (SSSR count). The summed E-state index contributed by atoms with van der Waals surface area (Å²) in [7, 11) is 0. The highest BCUT2D eigenvalue weighted by atomic mass is 15.2. The third-order valence-corrected chi connectivity index (χ3v) is 4.22. The van der Waals surface area contributed by atoms with Crippen molar-refractivity contribution in [3.63, 3.8) is 0 Å². The van der Waals surface area contributed by atoms with Crippen molar-refractivity contribution in [2.45, 2.75) is 44.6 Å². The van der Waals surface area contributed by atoms with Gasteiger partial charge in [-0.1, -0.05) is 18.9 Å². The molecule has 1 saturated heterocycles. The van der Waals surface area contributed by atoms with Gasteiger partial charge in [0.25, 0.3) is 0 Å². The van der Waals surface area contributed by atoms with Crippen molar-refractivity contribution >= 4 is 0 Å². The molecule has 2 aliphatic rings. The molecule has 1 aliphatic heterocycles. The van der Waals surface area contributed by atoms with Crippen LogP contribution in [0.25, 0.3) is 0 Å². The minimum absolute atomic E-state index is 0.910. The molecular formula is C14H26N2. The minimum Gasteiger partial charge on any atom is -0.312 e. The third kappa shape index (κ3) is 3.08. The fourth-order valence-electron chi connectivity index (χ4n) is 3.43. The van der Waals surface area contributed by atoms with E-state index in [0.29, 0.717) is 0 Å². The predicted molar refractivity (Wildman–Crippen MR) is 69.6 cm³/mol. The zero-order chi connectivity index (χ0) is 11.2. The van der Waals surface area contributed by atoms with Crippen LogP contribution in [0.15, 0.2) is 12.7 Å². The van der Waals surface area contributed by atoms with Gasteiger partial charge in [-0.05, 0) is 38.1 Å². The van der Waals surface area contributed by atoms with Crippen LogP contribution < -0.4 is 5.32 Å². The standard InChI is InChI=1S/C14H26N2/c1-2-9-15-10-12-16-11-5-7-13-6-3-4-8-14(13)16/h2,13-15H,1,3-12H2. The van der Waals surface area contributed by atoms with Crippen molar-refractivity contribution in [2.75, 3.05) is 26.2 Å². The molecule has 0 amide bonds. The molecule has 1 aliphatic carbocycles. The highest BCUT2D eigenvalue weighted by molar-refractivity contribution is 4.87. The molecule has 0 radical (unpaired) electrons. The monoisotopic (exact) mass is 222 g/mol. The summed E-state index contributed by atoms with van der Waals surface area (Å²) in [6.07, 6.45) is 10.7. The van der Waals surface area contributed by atoms with Gasteiger partial charge in [0.2, 0.25) is 0 Å². The Morgan fingerprint density at radius 2 is 2.00 bits per heavy atom. The Morgan fingerprint density at radius 3 is 2.88 bits per heavy atom. The highest BCUT2D eigenvalue weighted by Crippen LogP contribution is 2.34. The maximum absolute atomic E-state index is 3.73. The van der Waals surface area contributed by atoms with E-state index in [4.69, 9.17) is 0 Å². The average molecular weight is 222 g/mol. The molecule has 2 heteroatoms. The lowest BCUT2D eigenvalue weighted by molar-refractivity contribution is 0.0621. The summed E-state index contributed by atoms with van der Waals surface area (Å²) in [4.78, 5) is 2.74. The Morgan fingerprint density at radius 1 is 1.19 bits per heavy atom. The van der Waals surface area contributed by atoms with Gasteiger partial charge in [0.15, 0.2) is 0 Å². The molecule has 1 N–H and O–H groups in total. The van der Waals surface area contributed by atoms with Gasteiger partial charge in [0.05, 0.1) is 0 Å². The van der Waals surface area contributed by atoms with E-state index in [2.05, 4.69) is 16.8 Å². The van der Waals surface area contributed by atoms with E-state index < -0.39 is 0 Å². The summed E-state index contributed by atoms with van der Waals surface area (Å²) >= 11 is 0. The molecule has 2 fully saturated rings. The third-order valence-electron chi connectivity index (χ3n) is 4.22. The molecule has 0 spiro atoms. The van der Waals surface area contributed by atoms with E-state index >= 15 is 0 Å². The van der Waals surface area contributed by atoms with Crippen molar-refractivity contribution < 1.29 is 0 Å². The molecule has 0 aromatic heterocycles. The fraction of sp³-hybridized carbons (Fsp3) is 0.857. The topological polar surface area (TPSA) is 15.3 Å². The van der Waals surface area contributed by atoms with Crippen LogP contribution in [0.1, 0.15) is 38.5 Å². The first-order valence-electron chi connectivity index (χ1n) is 6.97. The van der Waals surface area contributed by atoms with Crippen molar-refractivity contribution in [1.82, 2.24) is 10.2 Å². The summed E-state index contributed by atoms with van der Waals surface area (Å²) in [5, 5.41) is 3.42. The second-order valence-corrected chi connectivity index (χ2v) is 5.28. The Bertz CT molecular complexity index is 213. The van der Waals surface area contributed by atoms with Crippen LogP contribution >= 0.6 is 0 Å². The number of hydrogen-bond acceptors (Lipinski definition) is 2. The number of piperidine rings is 1. The van der Waals surface area contributed by atoms with Gasteiger partial charge < -0.3 is 5.32 Å². The van der Waals surface area contributed by atoms with Crippen LogP contribution in [0.2, 0.25) is 0 Å². The lowest BCUT2D eigenvalue weighted by Crippen LogP contribution is -2.48. The van der Waals surface area contributed by atoms with Crippen LogP contribution in [0, 0.1) is 5.92 Å². The van der Waals surface area contributed by atoms with Crippen LogP contribution in [0.5, 0.6) is 0 Å². The predicted octanol–water partition coefficient (Wildman–Crippen LogP) is 2.42. The van der Waals surface area contributed by atoms with Crippen LogP contribution in [-0.2, 0) is 0 Å². The van der Waals surface area contributed by atoms with Gasteiger partial charge in [0.1, 0.15) is 0 Å². The summed E-state index contributed by atoms with van der Waals surface area (Å²) in [6, 6.07) is 0.910. The highest BCUT2D eigenvalue weighted by Gasteiger charge is 2.32. The van der Waals surface area contributed by atoms with Gasteiger partial charge >= 0.3 is 0 Å². The first-order chi connectivity index (χ1) is 7.92. The maximum Gasteiger partial charge on any atom is 0.0132 e. The van der Waals surface area contributed by atoms with Crippen LogP contribution in [0.3, 0.4) is 0 Å².